The molecule has 58 heavy (non-hydrogen) atoms. The van der Waals surface area contributed by atoms with Crippen LogP contribution in [0.3, 0.4) is 0 Å². The van der Waals surface area contributed by atoms with Crippen molar-refractivity contribution in [2.75, 3.05) is 13.7 Å². The molecule has 7 rings (SSSR count). The van der Waals surface area contributed by atoms with E-state index in [1.54, 1.807) is 27.1 Å². The Morgan fingerprint density at radius 3 is 2.55 bits per heavy atom. The molecule has 3 amide bonds. The molecule has 2 saturated carbocycles. The fourth-order valence-corrected chi connectivity index (χ4v) is 9.46. The van der Waals surface area contributed by atoms with Gasteiger partial charge in [-0.3, -0.25) is 23.9 Å². The lowest BCUT2D eigenvalue weighted by atomic mass is 9.91. The maximum atomic E-state index is 14.7. The van der Waals surface area contributed by atoms with Gasteiger partial charge in [-0.05, 0) is 84.3 Å². The number of methoxy groups -OCH3 is 1. The van der Waals surface area contributed by atoms with Gasteiger partial charge in [-0.2, -0.15) is 9.90 Å². The Bertz CT molecular complexity index is 2250. The van der Waals surface area contributed by atoms with Gasteiger partial charge in [0.25, 0.3) is 5.91 Å². The van der Waals surface area contributed by atoms with Gasteiger partial charge in [-0.1, -0.05) is 25.0 Å². The van der Waals surface area contributed by atoms with E-state index < -0.39 is 61.9 Å². The highest BCUT2D eigenvalue weighted by Crippen LogP contribution is 2.57. The Hall–Kier alpha value is -5.06. The van der Waals surface area contributed by atoms with Crippen LogP contribution in [0.2, 0.25) is 0 Å². The number of benzene rings is 1. The number of ketones is 1. The van der Waals surface area contributed by atoms with E-state index in [9.17, 15) is 27.6 Å². The monoisotopic (exact) mass is 819 g/mol. The summed E-state index contributed by atoms with van der Waals surface area (Å²) in [5, 5.41) is 11.6. The van der Waals surface area contributed by atoms with Crippen LogP contribution in [-0.2, 0) is 31.5 Å². The van der Waals surface area contributed by atoms with Crippen molar-refractivity contribution in [3.8, 4) is 17.4 Å². The Morgan fingerprint density at radius 1 is 1.09 bits per heavy atom. The first kappa shape index (κ1) is 41.1. The SMILES string of the molecule is COc1ccc2c(O[C@@H]3C[C@H]4C(=O)C[C@]5(C(=O)NS(=O)(=O)C6(C)CC6)C[C@H]5/C=C\CCCCC[C@H](NC(=O)c5cnn(C)n5)C(=O)N4C3)cc(OC(C)C)nc2c1C. The number of carbonyl (C=O) groups is 4. The third-order valence-electron chi connectivity index (χ3n) is 12.0. The number of pyridine rings is 1. The van der Waals surface area contributed by atoms with E-state index in [2.05, 4.69) is 20.2 Å². The van der Waals surface area contributed by atoms with Crippen LogP contribution in [0.4, 0.5) is 0 Å². The van der Waals surface area contributed by atoms with Crippen molar-refractivity contribution in [1.82, 2.24) is 34.9 Å². The summed E-state index contributed by atoms with van der Waals surface area (Å²) in [6.45, 7) is 7.27. The summed E-state index contributed by atoms with van der Waals surface area (Å²) in [5.41, 5.74) is 0.139. The van der Waals surface area contributed by atoms with Crippen molar-refractivity contribution in [2.45, 2.75) is 121 Å². The molecule has 4 aliphatic rings. The first-order valence-electron chi connectivity index (χ1n) is 20.1. The first-order valence-corrected chi connectivity index (χ1v) is 21.6. The number of amides is 3. The summed E-state index contributed by atoms with van der Waals surface area (Å²) in [6.07, 6.45) is 8.55. The van der Waals surface area contributed by atoms with Gasteiger partial charge in [0.2, 0.25) is 27.7 Å². The highest BCUT2D eigenvalue weighted by atomic mass is 32.2. The summed E-state index contributed by atoms with van der Waals surface area (Å²) in [5.74, 6) is -1.07. The quantitative estimate of drug-likeness (QED) is 0.278. The van der Waals surface area contributed by atoms with Gasteiger partial charge in [-0.15, -0.1) is 5.10 Å². The number of allylic oxidation sites excluding steroid dienone is 2. The molecule has 3 fully saturated rings. The number of aromatic nitrogens is 4. The number of hydrogen-bond acceptors (Lipinski definition) is 12. The third-order valence-corrected chi connectivity index (χ3v) is 14.1. The molecule has 0 radical (unpaired) electrons. The molecule has 5 atom stereocenters. The lowest BCUT2D eigenvalue weighted by Crippen LogP contribution is -2.52. The minimum Gasteiger partial charge on any atom is -0.496 e. The van der Waals surface area contributed by atoms with E-state index in [0.29, 0.717) is 66.8 Å². The van der Waals surface area contributed by atoms with Crippen molar-refractivity contribution in [3.05, 3.63) is 47.8 Å². The van der Waals surface area contributed by atoms with E-state index in [4.69, 9.17) is 19.2 Å². The van der Waals surface area contributed by atoms with Gasteiger partial charge in [0.1, 0.15) is 23.6 Å². The smallest absolute Gasteiger partial charge is 0.274 e. The number of sulfonamides is 1. The number of nitrogens with zero attached hydrogens (tertiary/aromatic N) is 5. The second-order valence-electron chi connectivity index (χ2n) is 16.7. The van der Waals surface area contributed by atoms with Crippen molar-refractivity contribution in [1.29, 1.82) is 0 Å². The molecule has 0 bridgehead atoms. The number of rotatable bonds is 10. The molecule has 17 heteroatoms. The maximum Gasteiger partial charge on any atom is 0.274 e. The van der Waals surface area contributed by atoms with Gasteiger partial charge >= 0.3 is 0 Å². The van der Waals surface area contributed by atoms with Crippen molar-refractivity contribution >= 4 is 44.4 Å². The van der Waals surface area contributed by atoms with E-state index in [-0.39, 0.29) is 37.1 Å². The average Bonchev–Trinajstić information content (AvgIpc) is 3.97. The number of Topliss-reactive ketones (excluding diaryl/α,β-unsaturated/α-hetero) is 1. The predicted molar refractivity (Wildman–Crippen MR) is 213 cm³/mol. The molecular formula is C41H53N7O9S. The summed E-state index contributed by atoms with van der Waals surface area (Å²) in [6, 6.07) is 3.32. The number of aryl methyl sites for hydroxylation is 2. The molecule has 312 valence electrons. The van der Waals surface area contributed by atoms with Crippen molar-refractivity contribution < 1.29 is 41.8 Å². The summed E-state index contributed by atoms with van der Waals surface area (Å²) < 4.78 is 46.1. The van der Waals surface area contributed by atoms with Crippen LogP contribution in [0.1, 0.15) is 101 Å². The lowest BCUT2D eigenvalue weighted by molar-refractivity contribution is -0.140. The van der Waals surface area contributed by atoms with Gasteiger partial charge in [0, 0.05) is 36.9 Å². The first-order chi connectivity index (χ1) is 27.5. The molecule has 0 unspecified atom stereocenters. The van der Waals surface area contributed by atoms with Crippen LogP contribution in [0.5, 0.6) is 17.4 Å². The summed E-state index contributed by atoms with van der Waals surface area (Å²) in [7, 11) is -0.806. The fourth-order valence-electron chi connectivity index (χ4n) is 8.13. The standard InChI is InChI=1S/C41H53N7O9S/c1-24(2)56-35-19-34(28-14-15-33(55-6)25(3)36(28)44-35)57-27-18-31-32(49)21-41(39(52)46-58(53,54)40(4)16-17-40)20-26(41)12-10-8-7-9-11-13-29(38(51)48(31)23-27)43-37(50)30-22-42-47(5)45-30/h10,12,14-15,19,22,24,26-27,29,31H,7-9,11,13,16-18,20-21,23H2,1-6H3,(H,43,50)(H,46,52)/b12-10-/t26-,27-,29+,31+,41-/m1/s1. The zero-order valence-electron chi connectivity index (χ0n) is 33.9. The van der Waals surface area contributed by atoms with Crippen molar-refractivity contribution in [3.63, 3.8) is 0 Å². The van der Waals surface area contributed by atoms with E-state index in [1.807, 2.05) is 45.1 Å². The number of ether oxygens (including phenoxy) is 3. The Kier molecular flexibility index (Phi) is 11.3. The number of fused-ring (bicyclic) bond motifs is 3. The molecule has 2 N–H and O–H groups in total. The fraction of sp³-hybridized carbons (Fsp3) is 0.585. The zero-order chi connectivity index (χ0) is 41.6. The topological polar surface area (TPSA) is 201 Å². The van der Waals surface area contributed by atoms with Crippen molar-refractivity contribution in [2.24, 2.45) is 18.4 Å². The molecule has 4 heterocycles. The van der Waals surface area contributed by atoms with Crippen LogP contribution in [-0.4, -0.2) is 99.5 Å². The van der Waals surface area contributed by atoms with Crippen LogP contribution in [0.25, 0.3) is 10.9 Å². The number of carbonyl (C=O) groups excluding carboxylic acids is 4. The average molecular weight is 820 g/mol. The molecular weight excluding hydrogens is 767 g/mol. The molecule has 1 saturated heterocycles. The summed E-state index contributed by atoms with van der Waals surface area (Å²) >= 11 is 0. The Morgan fingerprint density at radius 2 is 1.86 bits per heavy atom. The minimum absolute atomic E-state index is 0.00133. The van der Waals surface area contributed by atoms with Crippen LogP contribution in [0.15, 0.2) is 36.5 Å². The molecule has 1 aromatic carbocycles. The number of nitrogens with one attached hydrogen (secondary N) is 2. The van der Waals surface area contributed by atoms with Gasteiger partial charge < -0.3 is 24.4 Å². The van der Waals surface area contributed by atoms with Crippen LogP contribution < -0.4 is 24.2 Å². The minimum atomic E-state index is -3.97. The van der Waals surface area contributed by atoms with E-state index in [1.165, 1.54) is 15.9 Å². The van der Waals surface area contributed by atoms with Crippen LogP contribution >= 0.6 is 0 Å². The second-order valence-corrected chi connectivity index (χ2v) is 18.9. The van der Waals surface area contributed by atoms with Gasteiger partial charge in [0.05, 0.1) is 47.7 Å². The Labute approximate surface area is 338 Å². The van der Waals surface area contributed by atoms with Gasteiger partial charge in [-0.25, -0.2) is 13.4 Å². The molecule has 0 spiro atoms. The highest BCUT2D eigenvalue weighted by Gasteiger charge is 2.62. The van der Waals surface area contributed by atoms with E-state index >= 15 is 0 Å². The largest absolute Gasteiger partial charge is 0.496 e. The normalized spacial score (nSPS) is 26.5. The molecule has 16 nitrogen and oxygen atoms in total. The zero-order valence-corrected chi connectivity index (χ0v) is 34.8. The molecule has 3 aromatic rings. The maximum absolute atomic E-state index is 14.7. The predicted octanol–water partition coefficient (Wildman–Crippen LogP) is 4.10. The highest BCUT2D eigenvalue weighted by molar-refractivity contribution is 7.91. The summed E-state index contributed by atoms with van der Waals surface area (Å²) in [4.78, 5) is 64.3. The third kappa shape index (κ3) is 8.27. The van der Waals surface area contributed by atoms with E-state index in [0.717, 1.165) is 18.4 Å². The second kappa shape index (κ2) is 15.9. The number of hydrogen-bond donors (Lipinski definition) is 2. The molecule has 2 aliphatic carbocycles. The Balaban J connectivity index is 1.23. The van der Waals surface area contributed by atoms with Gasteiger partial charge in [0.15, 0.2) is 11.5 Å². The molecule has 2 aliphatic heterocycles. The van der Waals surface area contributed by atoms with Crippen LogP contribution in [0, 0.1) is 18.3 Å². The lowest BCUT2D eigenvalue weighted by Gasteiger charge is -2.29. The molecule has 2 aromatic heterocycles.